The van der Waals surface area contributed by atoms with Crippen molar-refractivity contribution in [2.75, 3.05) is 0 Å². The fourth-order valence-corrected chi connectivity index (χ4v) is 2.31. The molecule has 0 spiro atoms. The van der Waals surface area contributed by atoms with Crippen LogP contribution in [-0.2, 0) is 16.0 Å². The largest absolute Gasteiger partial charge is 0.480 e. The molecule has 21 heavy (non-hydrogen) atoms. The Morgan fingerprint density at radius 3 is 2.81 bits per heavy atom. The number of carboxylic acids is 1. The number of nitrogens with one attached hydrogen (secondary N) is 1. The molecule has 0 aliphatic carbocycles. The predicted molar refractivity (Wildman–Crippen MR) is 78.0 cm³/mol. The van der Waals surface area contributed by atoms with Crippen molar-refractivity contribution < 1.29 is 14.7 Å². The zero-order chi connectivity index (χ0) is 15.5. The summed E-state index contributed by atoms with van der Waals surface area (Å²) in [5.41, 5.74) is 0.142. The molecule has 6 nitrogen and oxygen atoms in total. The van der Waals surface area contributed by atoms with E-state index in [1.807, 2.05) is 35.7 Å². The number of carbonyl (C=O) groups is 2. The normalized spacial score (nSPS) is 13.8. The minimum absolute atomic E-state index is 0.0638. The Bertz CT molecular complexity index is 632. The van der Waals surface area contributed by atoms with Gasteiger partial charge in [0.05, 0.1) is 12.1 Å². The van der Waals surface area contributed by atoms with Crippen LogP contribution < -0.4 is 5.32 Å². The number of aliphatic carboxylic acids is 1. The molecule has 0 fully saturated rings. The number of amides is 1. The summed E-state index contributed by atoms with van der Waals surface area (Å²) in [6.45, 7) is 3.41. The van der Waals surface area contributed by atoms with Gasteiger partial charge in [-0.3, -0.25) is 4.79 Å². The average Bonchev–Trinajstić information content (AvgIpc) is 2.80. The Morgan fingerprint density at radius 1 is 1.43 bits per heavy atom. The molecule has 0 saturated carbocycles. The third kappa shape index (κ3) is 3.39. The maximum atomic E-state index is 12.1. The highest BCUT2D eigenvalue weighted by Crippen LogP contribution is 2.13. The first kappa shape index (κ1) is 15.0. The molecule has 2 aromatic heterocycles. The van der Waals surface area contributed by atoms with Gasteiger partial charge in [0.15, 0.2) is 0 Å². The van der Waals surface area contributed by atoms with Crippen LogP contribution in [0.15, 0.2) is 30.6 Å². The van der Waals surface area contributed by atoms with Crippen LogP contribution in [0.3, 0.4) is 0 Å². The average molecular weight is 289 g/mol. The summed E-state index contributed by atoms with van der Waals surface area (Å²) in [5.74, 6) is -1.36. The summed E-state index contributed by atoms with van der Waals surface area (Å²) in [6, 6.07) is 5.59. The van der Waals surface area contributed by atoms with E-state index in [0.717, 1.165) is 5.65 Å². The molecule has 1 amide bonds. The number of hydrogen-bond donors (Lipinski definition) is 2. The standard InChI is InChI=1S/C15H19N3O3/c1-3-7-15(2,14(20)21)17-13(19)9-11-10-18-8-5-4-6-12(18)16-11/h4-6,8,10H,3,7,9H2,1-2H3,(H,17,19)(H,20,21). The SMILES string of the molecule is CCCC(C)(NC(=O)Cc1cn2ccccc2n1)C(=O)O. The smallest absolute Gasteiger partial charge is 0.329 e. The highest BCUT2D eigenvalue weighted by Gasteiger charge is 2.33. The van der Waals surface area contributed by atoms with Gasteiger partial charge in [0.25, 0.3) is 0 Å². The van der Waals surface area contributed by atoms with Crippen molar-refractivity contribution in [3.05, 3.63) is 36.3 Å². The summed E-state index contributed by atoms with van der Waals surface area (Å²) >= 11 is 0. The Kier molecular flexibility index (Phi) is 4.26. The van der Waals surface area contributed by atoms with Gasteiger partial charge in [0.2, 0.25) is 5.91 Å². The molecule has 1 atom stereocenters. The number of aromatic nitrogens is 2. The summed E-state index contributed by atoms with van der Waals surface area (Å²) in [4.78, 5) is 27.7. The van der Waals surface area contributed by atoms with E-state index >= 15 is 0 Å². The molecule has 1 unspecified atom stereocenters. The molecular formula is C15H19N3O3. The Balaban J connectivity index is 2.08. The molecule has 2 N–H and O–H groups in total. The molecule has 0 aliphatic heterocycles. The maximum Gasteiger partial charge on any atom is 0.329 e. The van der Waals surface area contributed by atoms with Gasteiger partial charge >= 0.3 is 5.97 Å². The number of fused-ring (bicyclic) bond motifs is 1. The van der Waals surface area contributed by atoms with Gasteiger partial charge in [-0.25, -0.2) is 9.78 Å². The van der Waals surface area contributed by atoms with E-state index in [4.69, 9.17) is 0 Å². The lowest BCUT2D eigenvalue weighted by atomic mass is 9.96. The molecule has 0 aliphatic rings. The molecule has 0 radical (unpaired) electrons. The van der Waals surface area contributed by atoms with Crippen LogP contribution in [0.5, 0.6) is 0 Å². The molecule has 0 bridgehead atoms. The fourth-order valence-electron chi connectivity index (χ4n) is 2.31. The van der Waals surface area contributed by atoms with Crippen molar-refractivity contribution in [2.24, 2.45) is 0 Å². The molecule has 0 saturated heterocycles. The van der Waals surface area contributed by atoms with Gasteiger partial charge in [0.1, 0.15) is 11.2 Å². The molecule has 0 aromatic carbocycles. The summed E-state index contributed by atoms with van der Waals surface area (Å²) < 4.78 is 1.82. The van der Waals surface area contributed by atoms with Crippen molar-refractivity contribution in [2.45, 2.75) is 38.6 Å². The monoisotopic (exact) mass is 289 g/mol. The van der Waals surface area contributed by atoms with Crippen molar-refractivity contribution in [3.63, 3.8) is 0 Å². The van der Waals surface area contributed by atoms with Crippen LogP contribution in [0.2, 0.25) is 0 Å². The van der Waals surface area contributed by atoms with E-state index in [2.05, 4.69) is 10.3 Å². The zero-order valence-electron chi connectivity index (χ0n) is 12.2. The van der Waals surface area contributed by atoms with Gasteiger partial charge < -0.3 is 14.8 Å². The molecule has 2 heterocycles. The van der Waals surface area contributed by atoms with Crippen LogP contribution >= 0.6 is 0 Å². The van der Waals surface area contributed by atoms with Crippen LogP contribution in [-0.4, -0.2) is 31.9 Å². The first-order valence-corrected chi connectivity index (χ1v) is 6.91. The van der Waals surface area contributed by atoms with Crippen molar-refractivity contribution in [3.8, 4) is 0 Å². The predicted octanol–water partition coefficient (Wildman–Crippen LogP) is 1.64. The summed E-state index contributed by atoms with van der Waals surface area (Å²) in [7, 11) is 0. The summed E-state index contributed by atoms with van der Waals surface area (Å²) in [6.07, 6.45) is 4.75. The molecule has 2 aromatic rings. The minimum atomic E-state index is -1.23. The second-order valence-corrected chi connectivity index (χ2v) is 5.31. The number of carbonyl (C=O) groups excluding carboxylic acids is 1. The van der Waals surface area contributed by atoms with E-state index < -0.39 is 11.5 Å². The number of imidazole rings is 1. The number of pyridine rings is 1. The molecular weight excluding hydrogens is 270 g/mol. The van der Waals surface area contributed by atoms with Gasteiger partial charge in [-0.1, -0.05) is 19.4 Å². The lowest BCUT2D eigenvalue weighted by molar-refractivity contribution is -0.147. The lowest BCUT2D eigenvalue weighted by Crippen LogP contribution is -2.52. The highest BCUT2D eigenvalue weighted by atomic mass is 16.4. The summed E-state index contributed by atoms with van der Waals surface area (Å²) in [5, 5.41) is 11.9. The van der Waals surface area contributed by atoms with Gasteiger partial charge in [-0.15, -0.1) is 0 Å². The minimum Gasteiger partial charge on any atom is -0.480 e. The number of carboxylic acid groups (broad SMARTS) is 1. The van der Waals surface area contributed by atoms with E-state index in [1.165, 1.54) is 6.92 Å². The third-order valence-electron chi connectivity index (χ3n) is 3.39. The fraction of sp³-hybridized carbons (Fsp3) is 0.400. The quantitative estimate of drug-likeness (QED) is 0.846. The molecule has 112 valence electrons. The van der Waals surface area contributed by atoms with Crippen LogP contribution in [0.1, 0.15) is 32.4 Å². The van der Waals surface area contributed by atoms with Crippen LogP contribution in [0, 0.1) is 0 Å². The molecule has 2 rings (SSSR count). The van der Waals surface area contributed by atoms with Crippen molar-refractivity contribution in [1.29, 1.82) is 0 Å². The second-order valence-electron chi connectivity index (χ2n) is 5.31. The van der Waals surface area contributed by atoms with E-state index in [9.17, 15) is 14.7 Å². The van der Waals surface area contributed by atoms with E-state index in [1.54, 1.807) is 6.20 Å². The van der Waals surface area contributed by atoms with Gasteiger partial charge in [-0.2, -0.15) is 0 Å². The lowest BCUT2D eigenvalue weighted by Gasteiger charge is -2.25. The van der Waals surface area contributed by atoms with Crippen molar-refractivity contribution in [1.82, 2.24) is 14.7 Å². The van der Waals surface area contributed by atoms with Crippen LogP contribution in [0.25, 0.3) is 5.65 Å². The number of nitrogens with zero attached hydrogens (tertiary/aromatic N) is 2. The maximum absolute atomic E-state index is 12.1. The first-order chi connectivity index (χ1) is 9.94. The second kappa shape index (κ2) is 5.95. The van der Waals surface area contributed by atoms with E-state index in [0.29, 0.717) is 18.5 Å². The number of hydrogen-bond acceptors (Lipinski definition) is 3. The van der Waals surface area contributed by atoms with Gasteiger partial charge in [0, 0.05) is 12.4 Å². The van der Waals surface area contributed by atoms with Crippen LogP contribution in [0.4, 0.5) is 0 Å². The highest BCUT2D eigenvalue weighted by molar-refractivity contribution is 5.87. The van der Waals surface area contributed by atoms with E-state index in [-0.39, 0.29) is 12.3 Å². The van der Waals surface area contributed by atoms with Gasteiger partial charge in [-0.05, 0) is 25.5 Å². The van der Waals surface area contributed by atoms with Crippen molar-refractivity contribution >= 4 is 17.5 Å². The number of rotatable bonds is 6. The Hall–Kier alpha value is -2.37. The Labute approximate surface area is 122 Å². The Morgan fingerprint density at radius 2 is 2.19 bits per heavy atom. The third-order valence-corrected chi connectivity index (χ3v) is 3.39. The molecule has 6 heteroatoms. The first-order valence-electron chi connectivity index (χ1n) is 6.91. The zero-order valence-corrected chi connectivity index (χ0v) is 12.2. The topological polar surface area (TPSA) is 83.7 Å².